The van der Waals surface area contributed by atoms with Crippen molar-refractivity contribution < 1.29 is 14.3 Å². The van der Waals surface area contributed by atoms with Gasteiger partial charge in [0.1, 0.15) is 11.9 Å². The Kier molecular flexibility index (Phi) is 5.58. The van der Waals surface area contributed by atoms with Gasteiger partial charge in [-0.2, -0.15) is 0 Å². The third-order valence-electron chi connectivity index (χ3n) is 2.41. The topological polar surface area (TPSA) is 49.3 Å². The molecule has 1 aromatic carbocycles. The van der Waals surface area contributed by atoms with Crippen LogP contribution in [0.15, 0.2) is 22.7 Å². The first-order chi connectivity index (χ1) is 8.04. The summed E-state index contributed by atoms with van der Waals surface area (Å²) >= 11 is 3.09. The van der Waals surface area contributed by atoms with Crippen LogP contribution in [0.5, 0.6) is 0 Å². The predicted molar refractivity (Wildman–Crippen MR) is 67.3 cm³/mol. The van der Waals surface area contributed by atoms with E-state index in [1.807, 2.05) is 6.92 Å². The quantitative estimate of drug-likeness (QED) is 0.849. The van der Waals surface area contributed by atoms with Crippen LogP contribution in [-0.2, 0) is 11.3 Å². The van der Waals surface area contributed by atoms with Gasteiger partial charge in [-0.1, -0.05) is 19.4 Å². The lowest BCUT2D eigenvalue weighted by molar-refractivity contribution is -0.139. The van der Waals surface area contributed by atoms with Gasteiger partial charge in [0.25, 0.3) is 0 Å². The van der Waals surface area contributed by atoms with Crippen LogP contribution in [0, 0.1) is 5.82 Å². The molecular formula is C12H15BrFNO2. The van der Waals surface area contributed by atoms with Crippen molar-refractivity contribution in [2.75, 3.05) is 0 Å². The molecule has 0 aromatic heterocycles. The first-order valence-electron chi connectivity index (χ1n) is 5.44. The third-order valence-corrected chi connectivity index (χ3v) is 3.02. The minimum Gasteiger partial charge on any atom is -0.480 e. The van der Waals surface area contributed by atoms with Crippen molar-refractivity contribution in [1.82, 2.24) is 5.32 Å². The number of carboxylic acids is 1. The summed E-state index contributed by atoms with van der Waals surface area (Å²) < 4.78 is 13.4. The van der Waals surface area contributed by atoms with Crippen LogP contribution in [0.2, 0.25) is 0 Å². The maximum Gasteiger partial charge on any atom is 0.320 e. The highest BCUT2D eigenvalue weighted by Crippen LogP contribution is 2.16. The number of aliphatic carboxylic acids is 1. The predicted octanol–water partition coefficient (Wildman–Crippen LogP) is 2.93. The van der Waals surface area contributed by atoms with E-state index in [0.29, 0.717) is 17.4 Å². The highest BCUT2D eigenvalue weighted by Gasteiger charge is 2.15. The second-order valence-electron chi connectivity index (χ2n) is 3.81. The third kappa shape index (κ3) is 4.44. The molecule has 1 unspecified atom stereocenters. The van der Waals surface area contributed by atoms with E-state index in [1.165, 1.54) is 6.07 Å². The minimum atomic E-state index is -0.854. The molecule has 0 heterocycles. The fourth-order valence-electron chi connectivity index (χ4n) is 1.49. The van der Waals surface area contributed by atoms with Crippen molar-refractivity contribution in [2.45, 2.75) is 32.4 Å². The van der Waals surface area contributed by atoms with E-state index in [-0.39, 0.29) is 5.82 Å². The van der Waals surface area contributed by atoms with E-state index in [2.05, 4.69) is 21.2 Å². The minimum absolute atomic E-state index is 0.322. The number of nitrogens with one attached hydrogen (secondary N) is 1. The van der Waals surface area contributed by atoms with Gasteiger partial charge in [0.05, 0.1) is 4.47 Å². The molecule has 0 aliphatic rings. The Balaban J connectivity index is 2.59. The van der Waals surface area contributed by atoms with Crippen LogP contribution < -0.4 is 5.32 Å². The largest absolute Gasteiger partial charge is 0.480 e. The van der Waals surface area contributed by atoms with Gasteiger partial charge in [-0.25, -0.2) is 4.39 Å². The molecule has 0 aliphatic carbocycles. The van der Waals surface area contributed by atoms with Gasteiger partial charge in [-0.3, -0.25) is 4.79 Å². The zero-order valence-corrected chi connectivity index (χ0v) is 11.1. The molecule has 0 saturated heterocycles. The van der Waals surface area contributed by atoms with Gasteiger partial charge < -0.3 is 10.4 Å². The number of carboxylic acid groups (broad SMARTS) is 1. The summed E-state index contributed by atoms with van der Waals surface area (Å²) in [7, 11) is 0. The first kappa shape index (κ1) is 14.1. The van der Waals surface area contributed by atoms with E-state index in [4.69, 9.17) is 5.11 Å². The average Bonchev–Trinajstić information content (AvgIpc) is 2.28. The highest BCUT2D eigenvalue weighted by atomic mass is 79.9. The first-order valence-corrected chi connectivity index (χ1v) is 6.24. The zero-order valence-electron chi connectivity index (χ0n) is 9.54. The lowest BCUT2D eigenvalue weighted by Gasteiger charge is -2.13. The summed E-state index contributed by atoms with van der Waals surface area (Å²) in [6, 6.07) is 4.09. The smallest absolute Gasteiger partial charge is 0.320 e. The van der Waals surface area contributed by atoms with Crippen molar-refractivity contribution in [2.24, 2.45) is 0 Å². The highest BCUT2D eigenvalue weighted by molar-refractivity contribution is 9.10. The lowest BCUT2D eigenvalue weighted by Crippen LogP contribution is -2.35. The van der Waals surface area contributed by atoms with Crippen LogP contribution in [0.25, 0.3) is 0 Å². The summed E-state index contributed by atoms with van der Waals surface area (Å²) in [5.74, 6) is -1.18. The van der Waals surface area contributed by atoms with Gasteiger partial charge in [0.15, 0.2) is 0 Å². The molecule has 3 nitrogen and oxygen atoms in total. The summed E-state index contributed by atoms with van der Waals surface area (Å²) in [6.07, 6.45) is 1.38. The Labute approximate surface area is 108 Å². The zero-order chi connectivity index (χ0) is 12.8. The molecule has 0 saturated carbocycles. The molecule has 0 radical (unpaired) electrons. The van der Waals surface area contributed by atoms with Crippen molar-refractivity contribution >= 4 is 21.9 Å². The summed E-state index contributed by atoms with van der Waals surface area (Å²) in [4.78, 5) is 10.9. The maximum absolute atomic E-state index is 13.0. The van der Waals surface area contributed by atoms with Crippen molar-refractivity contribution in [3.63, 3.8) is 0 Å². The molecule has 17 heavy (non-hydrogen) atoms. The lowest BCUT2D eigenvalue weighted by atomic mass is 10.1. The fraction of sp³-hybridized carbons (Fsp3) is 0.417. The molecule has 1 rings (SSSR count). The molecule has 94 valence electrons. The maximum atomic E-state index is 13.0. The molecule has 1 aromatic rings. The monoisotopic (exact) mass is 303 g/mol. The van der Waals surface area contributed by atoms with Gasteiger partial charge in [0.2, 0.25) is 0 Å². The fourth-order valence-corrected chi connectivity index (χ4v) is 1.92. The number of benzene rings is 1. The number of hydrogen-bond acceptors (Lipinski definition) is 2. The Hall–Kier alpha value is -0.940. The van der Waals surface area contributed by atoms with Crippen LogP contribution >= 0.6 is 15.9 Å². The molecule has 0 amide bonds. The number of rotatable bonds is 6. The SMILES string of the molecule is CCCC(NCc1ccc(F)c(Br)c1)C(=O)O. The van der Waals surface area contributed by atoms with E-state index in [0.717, 1.165) is 12.0 Å². The van der Waals surface area contributed by atoms with Crippen LogP contribution in [0.1, 0.15) is 25.3 Å². The van der Waals surface area contributed by atoms with Gasteiger partial charge in [0, 0.05) is 6.54 Å². The second-order valence-corrected chi connectivity index (χ2v) is 4.66. The molecule has 2 N–H and O–H groups in total. The molecule has 0 spiro atoms. The molecular weight excluding hydrogens is 289 g/mol. The molecule has 1 atom stereocenters. The standard InChI is InChI=1S/C12H15BrFNO2/c1-2-3-11(12(16)17)15-7-8-4-5-10(14)9(13)6-8/h4-6,11,15H,2-3,7H2,1H3,(H,16,17). The van der Waals surface area contributed by atoms with Gasteiger partial charge in [-0.05, 0) is 40.0 Å². The Bertz CT molecular complexity index is 398. The van der Waals surface area contributed by atoms with Crippen molar-refractivity contribution in [3.05, 3.63) is 34.1 Å². The second kappa shape index (κ2) is 6.71. The van der Waals surface area contributed by atoms with Crippen LogP contribution in [0.4, 0.5) is 4.39 Å². The Morgan fingerprint density at radius 2 is 2.29 bits per heavy atom. The van der Waals surface area contributed by atoms with Gasteiger partial charge >= 0.3 is 5.97 Å². The number of hydrogen-bond donors (Lipinski definition) is 2. The van der Waals surface area contributed by atoms with Crippen LogP contribution in [0.3, 0.4) is 0 Å². The Morgan fingerprint density at radius 1 is 1.59 bits per heavy atom. The molecule has 0 bridgehead atoms. The number of halogens is 2. The molecule has 0 aliphatic heterocycles. The van der Waals surface area contributed by atoms with E-state index in [1.54, 1.807) is 12.1 Å². The van der Waals surface area contributed by atoms with E-state index >= 15 is 0 Å². The van der Waals surface area contributed by atoms with Gasteiger partial charge in [-0.15, -0.1) is 0 Å². The summed E-state index contributed by atoms with van der Waals surface area (Å²) in [6.45, 7) is 2.35. The number of carbonyl (C=O) groups is 1. The summed E-state index contributed by atoms with van der Waals surface area (Å²) in [5, 5.41) is 11.9. The molecule has 0 fully saturated rings. The summed E-state index contributed by atoms with van der Waals surface area (Å²) in [5.41, 5.74) is 0.848. The van der Waals surface area contributed by atoms with E-state index in [9.17, 15) is 9.18 Å². The Morgan fingerprint density at radius 3 is 2.82 bits per heavy atom. The van der Waals surface area contributed by atoms with E-state index < -0.39 is 12.0 Å². The normalized spacial score (nSPS) is 12.4. The van der Waals surface area contributed by atoms with Crippen molar-refractivity contribution in [1.29, 1.82) is 0 Å². The van der Waals surface area contributed by atoms with Crippen LogP contribution in [-0.4, -0.2) is 17.1 Å². The van der Waals surface area contributed by atoms with Crippen molar-refractivity contribution in [3.8, 4) is 0 Å². The average molecular weight is 304 g/mol. The molecule has 5 heteroatoms.